The lowest BCUT2D eigenvalue weighted by molar-refractivity contribution is 1.06. The molecule has 1 aromatic heterocycles. The van der Waals surface area contributed by atoms with Crippen molar-refractivity contribution in [2.75, 3.05) is 11.9 Å². The molecular weight excluding hydrogens is 282 g/mol. The summed E-state index contributed by atoms with van der Waals surface area (Å²) in [4.78, 5) is 4.32. The van der Waals surface area contributed by atoms with Gasteiger partial charge in [0.25, 0.3) is 0 Å². The predicted molar refractivity (Wildman–Crippen MR) is 86.2 cm³/mol. The first-order chi connectivity index (χ1) is 10.3. The number of benzene rings is 2. The van der Waals surface area contributed by atoms with Crippen molar-refractivity contribution in [3.8, 4) is 16.9 Å². The fourth-order valence-corrected chi connectivity index (χ4v) is 3.11. The summed E-state index contributed by atoms with van der Waals surface area (Å²) in [5.74, 6) is 0. The van der Waals surface area contributed by atoms with Crippen LogP contribution >= 0.6 is 11.6 Å². The van der Waals surface area contributed by atoms with Crippen LogP contribution in [0.25, 0.3) is 16.9 Å². The summed E-state index contributed by atoms with van der Waals surface area (Å²) in [5.41, 5.74) is 5.74. The van der Waals surface area contributed by atoms with E-state index in [1.807, 2.05) is 41.4 Å². The fraction of sp³-hybridized carbons (Fsp3) is 0.118. The van der Waals surface area contributed by atoms with Crippen molar-refractivity contribution >= 4 is 17.3 Å². The van der Waals surface area contributed by atoms with Crippen molar-refractivity contribution in [3.63, 3.8) is 0 Å². The van der Waals surface area contributed by atoms with Crippen LogP contribution in [0.3, 0.4) is 0 Å². The number of anilines is 1. The highest BCUT2D eigenvalue weighted by Gasteiger charge is 2.18. The molecule has 2 aromatic carbocycles. The Labute approximate surface area is 128 Å². The Morgan fingerprint density at radius 3 is 2.90 bits per heavy atom. The molecular formula is C17H14ClN3. The lowest BCUT2D eigenvalue weighted by Crippen LogP contribution is -1.99. The third-order valence-corrected chi connectivity index (χ3v) is 4.19. The summed E-state index contributed by atoms with van der Waals surface area (Å²) in [6, 6.07) is 14.2. The molecule has 0 saturated heterocycles. The molecule has 0 aliphatic carbocycles. The van der Waals surface area contributed by atoms with Crippen LogP contribution in [0.15, 0.2) is 55.0 Å². The highest BCUT2D eigenvalue weighted by molar-refractivity contribution is 6.32. The van der Waals surface area contributed by atoms with Gasteiger partial charge in [0.15, 0.2) is 0 Å². The van der Waals surface area contributed by atoms with Crippen LogP contribution in [-0.2, 0) is 6.42 Å². The molecule has 0 saturated carbocycles. The largest absolute Gasteiger partial charge is 0.384 e. The van der Waals surface area contributed by atoms with Gasteiger partial charge in [-0.1, -0.05) is 41.9 Å². The van der Waals surface area contributed by atoms with E-state index in [-0.39, 0.29) is 0 Å². The first-order valence-electron chi connectivity index (χ1n) is 6.98. The Morgan fingerprint density at radius 1 is 1.10 bits per heavy atom. The molecule has 3 nitrogen and oxygen atoms in total. The third kappa shape index (κ3) is 2.01. The van der Waals surface area contributed by atoms with Crippen molar-refractivity contribution in [3.05, 3.63) is 65.6 Å². The number of imidazole rings is 1. The lowest BCUT2D eigenvalue weighted by atomic mass is 10.1. The molecule has 0 atom stereocenters. The molecule has 21 heavy (non-hydrogen) atoms. The topological polar surface area (TPSA) is 29.9 Å². The van der Waals surface area contributed by atoms with E-state index in [2.05, 4.69) is 28.5 Å². The molecule has 104 valence electrons. The highest BCUT2D eigenvalue weighted by Crippen LogP contribution is 2.35. The number of halogens is 1. The molecule has 4 rings (SSSR count). The van der Waals surface area contributed by atoms with Gasteiger partial charge in [0.2, 0.25) is 0 Å². The van der Waals surface area contributed by atoms with Gasteiger partial charge in [0, 0.05) is 17.8 Å². The summed E-state index contributed by atoms with van der Waals surface area (Å²) in [6.45, 7) is 0.993. The predicted octanol–water partition coefficient (Wildman–Crippen LogP) is 4.16. The summed E-state index contributed by atoms with van der Waals surface area (Å²) in [6.07, 6.45) is 4.77. The van der Waals surface area contributed by atoms with E-state index in [4.69, 9.17) is 11.6 Å². The molecule has 0 fully saturated rings. The molecule has 0 radical (unpaired) electrons. The minimum absolute atomic E-state index is 0.720. The number of nitrogens with one attached hydrogen (secondary N) is 1. The Bertz CT molecular complexity index is 807. The first kappa shape index (κ1) is 12.5. The van der Waals surface area contributed by atoms with Crippen LogP contribution in [0.5, 0.6) is 0 Å². The van der Waals surface area contributed by atoms with E-state index >= 15 is 0 Å². The maximum Gasteiger partial charge on any atom is 0.0997 e. The van der Waals surface area contributed by atoms with Gasteiger partial charge in [-0.25, -0.2) is 4.98 Å². The van der Waals surface area contributed by atoms with Crippen molar-refractivity contribution in [1.82, 2.24) is 9.55 Å². The number of fused-ring (bicyclic) bond motifs is 1. The third-order valence-electron chi connectivity index (χ3n) is 3.87. The smallest absolute Gasteiger partial charge is 0.0997 e. The maximum atomic E-state index is 6.33. The zero-order valence-corrected chi connectivity index (χ0v) is 12.1. The standard InChI is InChI=1S/C17H14ClN3/c18-14-6-1-2-7-15(14)21-11-19-10-16(21)13-5-3-4-12-8-9-20-17(12)13/h1-7,10-11,20H,8-9H2. The van der Waals surface area contributed by atoms with Gasteiger partial charge < -0.3 is 5.32 Å². The molecule has 0 spiro atoms. The lowest BCUT2D eigenvalue weighted by Gasteiger charge is -2.13. The number of para-hydroxylation sites is 2. The molecule has 0 amide bonds. The van der Waals surface area contributed by atoms with E-state index in [0.29, 0.717) is 0 Å². The summed E-state index contributed by atoms with van der Waals surface area (Å²) in [7, 11) is 0. The molecule has 1 aliphatic rings. The van der Waals surface area contributed by atoms with Crippen LogP contribution in [-0.4, -0.2) is 16.1 Å². The fourth-order valence-electron chi connectivity index (χ4n) is 2.89. The van der Waals surface area contributed by atoms with Crippen molar-refractivity contribution in [2.45, 2.75) is 6.42 Å². The van der Waals surface area contributed by atoms with E-state index in [1.54, 1.807) is 0 Å². The molecule has 0 unspecified atom stereocenters. The van der Waals surface area contributed by atoms with Gasteiger partial charge in [0.05, 0.1) is 28.9 Å². The van der Waals surface area contributed by atoms with Gasteiger partial charge in [-0.2, -0.15) is 0 Å². The average Bonchev–Trinajstić information content (AvgIpc) is 3.16. The van der Waals surface area contributed by atoms with E-state index in [0.717, 1.165) is 29.4 Å². The van der Waals surface area contributed by atoms with E-state index in [9.17, 15) is 0 Å². The molecule has 1 N–H and O–H groups in total. The second-order valence-electron chi connectivity index (χ2n) is 5.12. The maximum absolute atomic E-state index is 6.33. The van der Waals surface area contributed by atoms with Gasteiger partial charge in [-0.3, -0.25) is 4.57 Å². The quantitative estimate of drug-likeness (QED) is 0.769. The second-order valence-corrected chi connectivity index (χ2v) is 5.52. The van der Waals surface area contributed by atoms with Crippen molar-refractivity contribution in [1.29, 1.82) is 0 Å². The molecule has 3 aromatic rings. The molecule has 2 heterocycles. The van der Waals surface area contributed by atoms with Gasteiger partial charge in [-0.15, -0.1) is 0 Å². The second kappa shape index (κ2) is 4.93. The molecule has 0 bridgehead atoms. The van der Waals surface area contributed by atoms with Gasteiger partial charge in [-0.05, 0) is 24.1 Å². The highest BCUT2D eigenvalue weighted by atomic mass is 35.5. The Morgan fingerprint density at radius 2 is 2.00 bits per heavy atom. The SMILES string of the molecule is Clc1ccccc1-n1cncc1-c1cccc2c1NCC2. The Hall–Kier alpha value is -2.26. The van der Waals surface area contributed by atoms with Crippen LogP contribution in [0.2, 0.25) is 5.02 Å². The van der Waals surface area contributed by atoms with E-state index < -0.39 is 0 Å². The number of rotatable bonds is 2. The summed E-state index contributed by atoms with van der Waals surface area (Å²) in [5, 5.41) is 4.20. The number of nitrogens with zero attached hydrogens (tertiary/aromatic N) is 2. The summed E-state index contributed by atoms with van der Waals surface area (Å²) < 4.78 is 2.04. The van der Waals surface area contributed by atoms with Crippen molar-refractivity contribution < 1.29 is 0 Å². The number of hydrogen-bond acceptors (Lipinski definition) is 2. The van der Waals surface area contributed by atoms with Crippen molar-refractivity contribution in [2.24, 2.45) is 0 Å². The monoisotopic (exact) mass is 295 g/mol. The molecule has 4 heteroatoms. The summed E-state index contributed by atoms with van der Waals surface area (Å²) >= 11 is 6.33. The van der Waals surface area contributed by atoms with Crippen LogP contribution in [0, 0.1) is 0 Å². The van der Waals surface area contributed by atoms with E-state index in [1.165, 1.54) is 16.8 Å². The van der Waals surface area contributed by atoms with Gasteiger partial charge in [0.1, 0.15) is 0 Å². The van der Waals surface area contributed by atoms with Crippen LogP contribution in [0.4, 0.5) is 5.69 Å². The average molecular weight is 296 g/mol. The van der Waals surface area contributed by atoms with Gasteiger partial charge >= 0.3 is 0 Å². The first-order valence-corrected chi connectivity index (χ1v) is 7.36. The Kier molecular flexibility index (Phi) is 2.93. The normalized spacial score (nSPS) is 13.0. The van der Waals surface area contributed by atoms with Crippen LogP contribution in [0.1, 0.15) is 5.56 Å². The minimum Gasteiger partial charge on any atom is -0.384 e. The number of hydrogen-bond donors (Lipinski definition) is 1. The minimum atomic E-state index is 0.720. The zero-order valence-electron chi connectivity index (χ0n) is 11.4. The molecule has 1 aliphatic heterocycles. The number of aromatic nitrogens is 2. The van der Waals surface area contributed by atoms with Crippen LogP contribution < -0.4 is 5.32 Å². The zero-order chi connectivity index (χ0) is 14.2. The Balaban J connectivity index is 1.91.